The third kappa shape index (κ3) is 3.54. The maximum Gasteiger partial charge on any atom is 0.258 e. The average molecular weight is 679 g/mol. The molecule has 3 aromatic carbocycles. The molecule has 6 atom stereocenters. The number of fused-ring (bicyclic) bond motifs is 5. The number of phenolic OH excluding ortho intramolecular Hbond substituents is 1. The summed E-state index contributed by atoms with van der Waals surface area (Å²) in [5.41, 5.74) is -1.61. The number of likely N-dealkylation sites (tertiary alicyclic amines) is 1. The highest BCUT2D eigenvalue weighted by molar-refractivity contribution is 6.58. The first-order chi connectivity index (χ1) is 21.7. The molecule has 1 N–H and O–H groups in total. The molecule has 0 aromatic heterocycles. The van der Waals surface area contributed by atoms with Crippen molar-refractivity contribution in [2.45, 2.75) is 35.4 Å². The highest BCUT2D eigenvalue weighted by Crippen LogP contribution is 2.67. The normalized spacial score (nSPS) is 30.6. The smallest absolute Gasteiger partial charge is 0.258 e. The van der Waals surface area contributed by atoms with Gasteiger partial charge in [-0.1, -0.05) is 42.0 Å². The summed E-state index contributed by atoms with van der Waals surface area (Å²) in [4.78, 5) is 50.9. The predicted octanol–water partition coefficient (Wildman–Crippen LogP) is 5.82. The number of phenols is 1. The summed E-state index contributed by atoms with van der Waals surface area (Å²) in [6, 6.07) is 9.44. The minimum absolute atomic E-state index is 0.0166. The molecule has 2 saturated heterocycles. The molecule has 0 bridgehead atoms. The molecule has 3 fully saturated rings. The van der Waals surface area contributed by atoms with Crippen LogP contribution >= 0.6 is 23.2 Å². The summed E-state index contributed by atoms with van der Waals surface area (Å²) in [6.45, 7) is 1.66. The maximum atomic E-state index is 15.2. The Morgan fingerprint density at radius 3 is 2.13 bits per heavy atom. The molecule has 1 saturated carbocycles. The van der Waals surface area contributed by atoms with E-state index in [1.54, 1.807) is 43.3 Å². The van der Waals surface area contributed by atoms with Crippen molar-refractivity contribution in [2.24, 2.45) is 17.8 Å². The first-order valence-electron chi connectivity index (χ1n) is 14.3. The van der Waals surface area contributed by atoms with Crippen LogP contribution in [0, 0.1) is 46.8 Å². The summed E-state index contributed by atoms with van der Waals surface area (Å²) in [7, 11) is 0. The van der Waals surface area contributed by atoms with E-state index in [9.17, 15) is 37.5 Å². The lowest BCUT2D eigenvalue weighted by molar-refractivity contribution is -0.140. The molecule has 0 radical (unpaired) electrons. The Hall–Kier alpha value is -4.03. The fourth-order valence-electron chi connectivity index (χ4n) is 7.85. The number of hydrogen-bond acceptors (Lipinski definition) is 5. The van der Waals surface area contributed by atoms with Crippen molar-refractivity contribution in [1.82, 2.24) is 4.90 Å². The van der Waals surface area contributed by atoms with Gasteiger partial charge in [0.1, 0.15) is 11.4 Å². The lowest BCUT2D eigenvalue weighted by atomic mass is 9.56. The van der Waals surface area contributed by atoms with Crippen LogP contribution in [0.5, 0.6) is 5.75 Å². The van der Waals surface area contributed by atoms with E-state index in [1.165, 1.54) is 6.07 Å². The minimum atomic E-state index is -2.72. The van der Waals surface area contributed by atoms with Gasteiger partial charge in [-0.3, -0.25) is 24.1 Å². The van der Waals surface area contributed by atoms with Crippen molar-refractivity contribution >= 4 is 63.3 Å². The van der Waals surface area contributed by atoms with Crippen molar-refractivity contribution in [3.63, 3.8) is 0 Å². The van der Waals surface area contributed by atoms with Crippen molar-refractivity contribution in [3.05, 3.63) is 82.7 Å². The predicted molar refractivity (Wildman–Crippen MR) is 154 cm³/mol. The molecule has 0 spiro atoms. The van der Waals surface area contributed by atoms with Gasteiger partial charge < -0.3 is 5.11 Å². The van der Waals surface area contributed by atoms with E-state index in [1.807, 2.05) is 0 Å². The van der Waals surface area contributed by atoms with Gasteiger partial charge in [0, 0.05) is 18.0 Å². The first-order valence-corrected chi connectivity index (χ1v) is 15.0. The maximum absolute atomic E-state index is 15.2. The van der Waals surface area contributed by atoms with E-state index >= 15 is 8.78 Å². The number of hydrogen-bond donors (Lipinski definition) is 1. The Morgan fingerprint density at radius 1 is 0.848 bits per heavy atom. The molecule has 2 heterocycles. The van der Waals surface area contributed by atoms with Crippen LogP contribution in [0.25, 0.3) is 10.8 Å². The van der Waals surface area contributed by atoms with Gasteiger partial charge in [0.05, 0.1) is 11.8 Å². The number of nitrogens with zero attached hydrogens (tertiary/aromatic N) is 2. The van der Waals surface area contributed by atoms with Crippen LogP contribution in [0.3, 0.4) is 0 Å². The molecular formula is C32H21Cl2F5N2O5. The van der Waals surface area contributed by atoms with Crippen molar-refractivity contribution in [3.8, 4) is 5.75 Å². The molecule has 7 rings (SSSR count). The Morgan fingerprint density at radius 2 is 1.48 bits per heavy atom. The van der Waals surface area contributed by atoms with Crippen LogP contribution in [0.2, 0.25) is 0 Å². The average Bonchev–Trinajstić information content (AvgIpc) is 3.37. The number of halogens is 7. The van der Waals surface area contributed by atoms with Crippen LogP contribution in [0.1, 0.15) is 31.2 Å². The summed E-state index contributed by atoms with van der Waals surface area (Å²) >= 11 is 14.3. The summed E-state index contributed by atoms with van der Waals surface area (Å²) in [5.74, 6) is -21.4. The topological polar surface area (TPSA) is 95.0 Å². The van der Waals surface area contributed by atoms with Crippen molar-refractivity contribution in [2.75, 3.05) is 11.4 Å². The number of rotatable bonds is 3. The fraction of sp³-hybridized carbons (Fsp3) is 0.312. The number of benzene rings is 3. The number of allylic oxidation sites excluding steroid dienone is 2. The Bertz CT molecular complexity index is 1960. The highest BCUT2D eigenvalue weighted by Gasteiger charge is 2.77. The Kier molecular flexibility index (Phi) is 6.64. The number of imide groups is 2. The van der Waals surface area contributed by atoms with Gasteiger partial charge in [-0.2, -0.15) is 0 Å². The van der Waals surface area contributed by atoms with E-state index in [0.29, 0.717) is 10.8 Å². The molecule has 2 aliphatic heterocycles. The number of aromatic hydroxyl groups is 1. The zero-order valence-electron chi connectivity index (χ0n) is 23.6. The molecule has 2 aliphatic carbocycles. The third-order valence-electron chi connectivity index (χ3n) is 9.87. The van der Waals surface area contributed by atoms with Crippen LogP contribution in [-0.4, -0.2) is 49.9 Å². The lowest BCUT2D eigenvalue weighted by Crippen LogP contribution is -2.60. The van der Waals surface area contributed by atoms with Crippen LogP contribution in [-0.2, 0) is 19.2 Å². The van der Waals surface area contributed by atoms with E-state index in [4.69, 9.17) is 23.2 Å². The van der Waals surface area contributed by atoms with Gasteiger partial charge in [-0.25, -0.2) is 26.9 Å². The van der Waals surface area contributed by atoms with Crippen LogP contribution in [0.15, 0.2) is 48.0 Å². The second-order valence-electron chi connectivity index (χ2n) is 11.8. The second-order valence-corrected chi connectivity index (χ2v) is 13.1. The van der Waals surface area contributed by atoms with E-state index in [0.717, 1.165) is 4.90 Å². The molecule has 0 unspecified atom stereocenters. The van der Waals surface area contributed by atoms with Crippen LogP contribution < -0.4 is 4.90 Å². The molecule has 238 valence electrons. The number of alkyl halides is 2. The summed E-state index contributed by atoms with van der Waals surface area (Å²) in [5, 5.41) is 12.2. The third-order valence-corrected chi connectivity index (χ3v) is 11.3. The largest absolute Gasteiger partial charge is 0.508 e. The van der Waals surface area contributed by atoms with Crippen molar-refractivity contribution < 1.29 is 46.2 Å². The molecule has 4 aliphatic rings. The monoisotopic (exact) mass is 678 g/mol. The molecular weight excluding hydrogens is 658 g/mol. The second kappa shape index (κ2) is 9.98. The fourth-order valence-corrected chi connectivity index (χ4v) is 8.77. The van der Waals surface area contributed by atoms with E-state index < -0.39 is 104 Å². The van der Waals surface area contributed by atoms with Gasteiger partial charge in [-0.15, -0.1) is 23.2 Å². The van der Waals surface area contributed by atoms with Gasteiger partial charge in [-0.05, 0) is 42.5 Å². The van der Waals surface area contributed by atoms with E-state index in [2.05, 4.69) is 0 Å². The molecule has 3 aromatic rings. The van der Waals surface area contributed by atoms with Crippen molar-refractivity contribution in [1.29, 1.82) is 0 Å². The molecule has 46 heavy (non-hydrogen) atoms. The van der Waals surface area contributed by atoms with Gasteiger partial charge in [0.15, 0.2) is 33.0 Å². The van der Waals surface area contributed by atoms with E-state index in [-0.39, 0.29) is 29.0 Å². The zero-order chi connectivity index (χ0) is 33.2. The summed E-state index contributed by atoms with van der Waals surface area (Å²) < 4.78 is 73.1. The number of anilines is 1. The molecule has 4 amide bonds. The summed E-state index contributed by atoms with van der Waals surface area (Å²) in [6.07, 6.45) is 0.993. The Balaban J connectivity index is 1.53. The SMILES string of the molecule is CCN1C(=O)[C@H]2[C@H](CC=C3[C@H]2C[C@@]2(Cl)C(=O)N(c4c(F)c(F)c(F)c(F)c4F)C(=O)[C@@]2(Cl)[C@H]3c2c(O)ccc3ccccc23)C1=O. The van der Waals surface area contributed by atoms with Crippen LogP contribution in [0.4, 0.5) is 27.6 Å². The minimum Gasteiger partial charge on any atom is -0.508 e. The number of amides is 4. The lowest BCUT2D eigenvalue weighted by Gasteiger charge is -2.51. The van der Waals surface area contributed by atoms with Gasteiger partial charge >= 0.3 is 0 Å². The number of carbonyl (C=O) groups is 4. The van der Waals surface area contributed by atoms with Gasteiger partial charge in [0.2, 0.25) is 17.6 Å². The highest BCUT2D eigenvalue weighted by atomic mass is 35.5. The molecule has 7 nitrogen and oxygen atoms in total. The zero-order valence-corrected chi connectivity index (χ0v) is 25.1. The quantitative estimate of drug-likeness (QED) is 0.0941. The number of carbonyl (C=O) groups excluding carboxylic acids is 4. The van der Waals surface area contributed by atoms with Gasteiger partial charge in [0.25, 0.3) is 11.8 Å². The molecule has 14 heteroatoms. The Labute approximate surface area is 267 Å². The first kappa shape index (κ1) is 30.6. The standard InChI is InChI=1S/C32H21Cl2F5N2O5/c1-2-40-27(43)15-9-8-14-16(18(15)28(40)44)11-31(33)29(45)41(26-24(38)22(36)21(35)23(37)25(26)39)30(46)32(31,34)20(14)19-13-6-4-3-5-12(13)7-10-17(19)42/h3-8,10,15-16,18,20,42H,2,9,11H2,1H3/t15-,16+,18-,20+,31+,32-/m0/s1.